The number of benzene rings is 2. The highest BCUT2D eigenvalue weighted by Crippen LogP contribution is 2.33. The summed E-state index contributed by atoms with van der Waals surface area (Å²) in [6, 6.07) is 11.4. The van der Waals surface area contributed by atoms with Crippen molar-refractivity contribution >= 4 is 22.8 Å². The lowest BCUT2D eigenvalue weighted by atomic mass is 9.94. The molecular weight excluding hydrogens is 486 g/mol. The Kier molecular flexibility index (Phi) is 8.07. The van der Waals surface area contributed by atoms with E-state index in [0.29, 0.717) is 23.4 Å². The van der Waals surface area contributed by atoms with Crippen LogP contribution in [0.3, 0.4) is 0 Å². The first-order valence-electron chi connectivity index (χ1n) is 13.4. The van der Waals surface area contributed by atoms with Crippen LogP contribution in [0.15, 0.2) is 42.5 Å². The molecule has 1 aliphatic carbocycles. The monoisotopic (exact) mass is 521 g/mol. The van der Waals surface area contributed by atoms with Crippen molar-refractivity contribution in [1.29, 1.82) is 0 Å². The molecule has 1 aliphatic heterocycles. The lowest BCUT2D eigenvalue weighted by Crippen LogP contribution is -2.49. The molecule has 1 saturated carbocycles. The van der Waals surface area contributed by atoms with Gasteiger partial charge in [-0.15, -0.1) is 5.10 Å². The van der Waals surface area contributed by atoms with Crippen molar-refractivity contribution in [2.24, 2.45) is 0 Å². The van der Waals surface area contributed by atoms with Gasteiger partial charge >= 0.3 is 0 Å². The summed E-state index contributed by atoms with van der Waals surface area (Å²) in [7, 11) is 1.47. The molecular formula is C28H35N5O5. The van der Waals surface area contributed by atoms with Crippen LogP contribution in [0, 0.1) is 0 Å². The van der Waals surface area contributed by atoms with Crippen LogP contribution in [0.1, 0.15) is 56.6 Å². The summed E-state index contributed by atoms with van der Waals surface area (Å²) in [6.07, 6.45) is 6.66. The van der Waals surface area contributed by atoms with E-state index >= 15 is 0 Å². The fourth-order valence-corrected chi connectivity index (χ4v) is 5.49. The zero-order valence-corrected chi connectivity index (χ0v) is 21.7. The van der Waals surface area contributed by atoms with Crippen molar-refractivity contribution in [2.75, 3.05) is 20.3 Å². The second kappa shape index (κ2) is 11.8. The fourth-order valence-electron chi connectivity index (χ4n) is 5.49. The summed E-state index contributed by atoms with van der Waals surface area (Å²) in [5.41, 5.74) is 1.94. The van der Waals surface area contributed by atoms with Crippen molar-refractivity contribution in [1.82, 2.24) is 25.2 Å². The van der Waals surface area contributed by atoms with Crippen LogP contribution < -0.4 is 10.1 Å². The molecule has 202 valence electrons. The van der Waals surface area contributed by atoms with E-state index in [1.807, 2.05) is 24.3 Å². The number of hydrogen-bond acceptors (Lipinski definition) is 7. The minimum absolute atomic E-state index is 0.0598. The number of ether oxygens (including phenoxy) is 2. The van der Waals surface area contributed by atoms with E-state index < -0.39 is 6.04 Å². The lowest BCUT2D eigenvalue weighted by molar-refractivity contribution is -0.143. The third-order valence-corrected chi connectivity index (χ3v) is 7.48. The molecule has 2 N–H and O–H groups in total. The van der Waals surface area contributed by atoms with Crippen LogP contribution in [0.2, 0.25) is 0 Å². The molecule has 0 bridgehead atoms. The number of aromatic nitrogens is 3. The third-order valence-electron chi connectivity index (χ3n) is 7.48. The molecule has 2 amide bonds. The maximum Gasteiger partial charge on any atom is 0.247 e. The number of carbonyl (C=O) groups is 2. The average Bonchev–Trinajstić information content (AvgIpc) is 3.59. The van der Waals surface area contributed by atoms with Gasteiger partial charge in [0.25, 0.3) is 0 Å². The molecule has 0 radical (unpaired) electrons. The molecule has 1 saturated heterocycles. The van der Waals surface area contributed by atoms with Gasteiger partial charge in [-0.3, -0.25) is 9.59 Å². The second-order valence-electron chi connectivity index (χ2n) is 10.1. The van der Waals surface area contributed by atoms with Crippen LogP contribution in [-0.2, 0) is 20.9 Å². The topological polar surface area (TPSA) is 119 Å². The molecule has 2 aliphatic rings. The first-order chi connectivity index (χ1) is 18.5. The predicted molar refractivity (Wildman–Crippen MR) is 141 cm³/mol. The largest absolute Gasteiger partial charge is 0.504 e. The van der Waals surface area contributed by atoms with Crippen molar-refractivity contribution in [2.45, 2.75) is 69.7 Å². The van der Waals surface area contributed by atoms with E-state index in [1.54, 1.807) is 21.7 Å². The Morgan fingerprint density at radius 3 is 2.71 bits per heavy atom. The van der Waals surface area contributed by atoms with Gasteiger partial charge in [-0.1, -0.05) is 42.7 Å². The van der Waals surface area contributed by atoms with E-state index in [2.05, 4.69) is 15.6 Å². The van der Waals surface area contributed by atoms with Gasteiger partial charge in [0.05, 0.1) is 18.7 Å². The number of carbonyl (C=O) groups excluding carboxylic acids is 2. The number of aromatic hydroxyl groups is 1. The number of nitrogens with one attached hydrogen (secondary N) is 1. The summed E-state index contributed by atoms with van der Waals surface area (Å²) < 4.78 is 12.7. The standard InChI is InChI=1S/C28H35N5O5/c1-37-25-14-13-19(16-24(25)34)27(28(36)29-20-8-3-2-4-9-20)32(17-21-10-7-15-38-21)26(35)18-33-23-12-6-5-11-22(23)30-31-33/h5-6,11-14,16,20-21,27,34H,2-4,7-10,15,17-18H2,1H3,(H,29,36)/t21-,27-/m0/s1. The number of hydrogen-bond donors (Lipinski definition) is 2. The zero-order chi connectivity index (χ0) is 26.5. The molecule has 1 aromatic heterocycles. The molecule has 10 nitrogen and oxygen atoms in total. The summed E-state index contributed by atoms with van der Waals surface area (Å²) in [5, 5.41) is 22.1. The van der Waals surface area contributed by atoms with Crippen molar-refractivity contribution in [3.8, 4) is 11.5 Å². The number of phenols is 1. The minimum atomic E-state index is -0.958. The maximum atomic E-state index is 14.0. The quantitative estimate of drug-likeness (QED) is 0.443. The number of rotatable bonds is 9. The highest BCUT2D eigenvalue weighted by molar-refractivity contribution is 5.89. The fraction of sp³-hybridized carbons (Fsp3) is 0.500. The number of amides is 2. The number of methoxy groups -OCH3 is 1. The summed E-state index contributed by atoms with van der Waals surface area (Å²) in [4.78, 5) is 29.5. The molecule has 3 aromatic rings. The van der Waals surface area contributed by atoms with Crippen molar-refractivity contribution in [3.63, 3.8) is 0 Å². The van der Waals surface area contributed by atoms with E-state index in [1.165, 1.54) is 13.2 Å². The van der Waals surface area contributed by atoms with E-state index in [4.69, 9.17) is 9.47 Å². The molecule has 2 heterocycles. The van der Waals surface area contributed by atoms with Crippen LogP contribution in [-0.4, -0.2) is 69.2 Å². The van der Waals surface area contributed by atoms with Crippen LogP contribution >= 0.6 is 0 Å². The van der Waals surface area contributed by atoms with Gasteiger partial charge < -0.3 is 24.8 Å². The van der Waals surface area contributed by atoms with Gasteiger partial charge in [0, 0.05) is 19.2 Å². The van der Waals surface area contributed by atoms with Crippen molar-refractivity contribution in [3.05, 3.63) is 48.0 Å². The number of phenolic OH excluding ortho intramolecular Hbond substituents is 1. The van der Waals surface area contributed by atoms with Gasteiger partial charge in [0.15, 0.2) is 11.5 Å². The zero-order valence-electron chi connectivity index (χ0n) is 21.7. The summed E-state index contributed by atoms with van der Waals surface area (Å²) in [5.74, 6) is -0.343. The highest BCUT2D eigenvalue weighted by atomic mass is 16.5. The Bertz CT molecular complexity index is 1270. The molecule has 0 unspecified atom stereocenters. The van der Waals surface area contributed by atoms with Crippen LogP contribution in [0.25, 0.3) is 11.0 Å². The molecule has 5 rings (SSSR count). The number of para-hydroxylation sites is 1. The smallest absolute Gasteiger partial charge is 0.247 e. The summed E-state index contributed by atoms with van der Waals surface area (Å²) >= 11 is 0. The normalized spacial score (nSPS) is 18.8. The number of fused-ring (bicyclic) bond motifs is 1. The van der Waals surface area contributed by atoms with Crippen LogP contribution in [0.4, 0.5) is 0 Å². The minimum Gasteiger partial charge on any atom is -0.504 e. The van der Waals surface area contributed by atoms with Crippen LogP contribution in [0.5, 0.6) is 11.5 Å². The Balaban J connectivity index is 1.50. The molecule has 2 aromatic carbocycles. The third kappa shape index (κ3) is 5.75. The van der Waals surface area contributed by atoms with Crippen molar-refractivity contribution < 1.29 is 24.2 Å². The number of nitrogens with zero attached hydrogens (tertiary/aromatic N) is 4. The Morgan fingerprint density at radius 2 is 1.97 bits per heavy atom. The molecule has 2 fully saturated rings. The van der Waals surface area contributed by atoms with E-state index in [0.717, 1.165) is 50.5 Å². The van der Waals surface area contributed by atoms with E-state index in [9.17, 15) is 14.7 Å². The lowest BCUT2D eigenvalue weighted by Gasteiger charge is -2.34. The first-order valence-corrected chi connectivity index (χ1v) is 13.4. The molecule has 0 spiro atoms. The van der Waals surface area contributed by atoms with Gasteiger partial charge in [0.1, 0.15) is 18.1 Å². The van der Waals surface area contributed by atoms with Gasteiger partial charge in [-0.05, 0) is 55.5 Å². The SMILES string of the molecule is COc1ccc([C@@H](C(=O)NC2CCCCC2)N(C[C@@H]2CCCO2)C(=O)Cn2nnc3ccccc32)cc1O. The Hall–Kier alpha value is -3.66. The van der Waals surface area contributed by atoms with Gasteiger partial charge in [-0.25, -0.2) is 4.68 Å². The van der Waals surface area contributed by atoms with Gasteiger partial charge in [-0.2, -0.15) is 0 Å². The Morgan fingerprint density at radius 1 is 1.16 bits per heavy atom. The highest BCUT2D eigenvalue weighted by Gasteiger charge is 2.36. The summed E-state index contributed by atoms with van der Waals surface area (Å²) in [6.45, 7) is 0.798. The molecule has 38 heavy (non-hydrogen) atoms. The average molecular weight is 522 g/mol. The molecule has 2 atom stereocenters. The Labute approximate surface area is 221 Å². The second-order valence-corrected chi connectivity index (χ2v) is 10.1. The molecule has 10 heteroatoms. The predicted octanol–water partition coefficient (Wildman–Crippen LogP) is 3.34. The first kappa shape index (κ1) is 26.0. The maximum absolute atomic E-state index is 14.0. The van der Waals surface area contributed by atoms with Gasteiger partial charge in [0.2, 0.25) is 11.8 Å². The van der Waals surface area contributed by atoms with E-state index in [-0.39, 0.29) is 42.8 Å².